The Balaban J connectivity index is 1.60. The van der Waals surface area contributed by atoms with Crippen LogP contribution < -0.4 is 5.32 Å². The molecule has 0 aliphatic carbocycles. The van der Waals surface area contributed by atoms with Crippen molar-refractivity contribution in [3.05, 3.63) is 64.9 Å². The Bertz CT molecular complexity index is 930. The third-order valence-electron chi connectivity index (χ3n) is 3.85. The fourth-order valence-electron chi connectivity index (χ4n) is 2.51. The lowest BCUT2D eigenvalue weighted by Crippen LogP contribution is -2.24. The highest BCUT2D eigenvalue weighted by Crippen LogP contribution is 2.25. The van der Waals surface area contributed by atoms with Crippen LogP contribution in [0, 0.1) is 5.82 Å². The van der Waals surface area contributed by atoms with E-state index in [0.29, 0.717) is 29.1 Å². The van der Waals surface area contributed by atoms with E-state index in [2.05, 4.69) is 15.5 Å². The molecular formula is C19H18ClFN4OS. The smallest absolute Gasteiger partial charge is 0.230 e. The van der Waals surface area contributed by atoms with Gasteiger partial charge in [-0.1, -0.05) is 47.6 Å². The Morgan fingerprint density at radius 3 is 2.70 bits per heavy atom. The van der Waals surface area contributed by atoms with E-state index in [-0.39, 0.29) is 17.5 Å². The summed E-state index contributed by atoms with van der Waals surface area (Å²) in [5.74, 6) is 0.512. The van der Waals surface area contributed by atoms with Gasteiger partial charge in [-0.3, -0.25) is 4.79 Å². The van der Waals surface area contributed by atoms with Gasteiger partial charge in [0.1, 0.15) is 5.82 Å². The van der Waals surface area contributed by atoms with Crippen molar-refractivity contribution >= 4 is 29.3 Å². The number of rotatable bonds is 7. The standard InChI is InChI=1S/C19H18ClFN4OS/c1-2-25-18(14-4-3-5-15(20)10-14)23-24-19(25)27-12-17(26)22-11-13-6-8-16(21)9-7-13/h3-10H,2,11-12H2,1H3,(H,22,26). The number of thioether (sulfide) groups is 1. The maximum Gasteiger partial charge on any atom is 0.230 e. The number of carbonyl (C=O) groups is 1. The molecule has 0 aliphatic rings. The minimum Gasteiger partial charge on any atom is -0.351 e. The molecule has 1 heterocycles. The molecule has 5 nitrogen and oxygen atoms in total. The van der Waals surface area contributed by atoms with E-state index in [1.165, 1.54) is 23.9 Å². The molecule has 8 heteroatoms. The zero-order chi connectivity index (χ0) is 19.2. The molecule has 1 N–H and O–H groups in total. The van der Waals surface area contributed by atoms with E-state index < -0.39 is 0 Å². The molecular weight excluding hydrogens is 387 g/mol. The average molecular weight is 405 g/mol. The van der Waals surface area contributed by atoms with Crippen LogP contribution in [0.1, 0.15) is 12.5 Å². The van der Waals surface area contributed by atoms with Crippen molar-refractivity contribution in [2.75, 3.05) is 5.75 Å². The summed E-state index contributed by atoms with van der Waals surface area (Å²) in [5, 5.41) is 12.6. The normalized spacial score (nSPS) is 10.8. The van der Waals surface area contributed by atoms with Crippen LogP contribution in [0.25, 0.3) is 11.4 Å². The Morgan fingerprint density at radius 2 is 2.00 bits per heavy atom. The molecule has 0 aliphatic heterocycles. The maximum atomic E-state index is 12.9. The molecule has 0 saturated heterocycles. The molecule has 0 fully saturated rings. The lowest BCUT2D eigenvalue weighted by molar-refractivity contribution is -0.118. The predicted octanol–water partition coefficient (Wildman–Crippen LogP) is 4.17. The van der Waals surface area contributed by atoms with Crippen molar-refractivity contribution in [2.24, 2.45) is 0 Å². The second-order valence-electron chi connectivity index (χ2n) is 5.75. The highest BCUT2D eigenvalue weighted by molar-refractivity contribution is 7.99. The van der Waals surface area contributed by atoms with Crippen molar-refractivity contribution < 1.29 is 9.18 Å². The first-order chi connectivity index (χ1) is 13.1. The van der Waals surface area contributed by atoms with Crippen molar-refractivity contribution in [2.45, 2.75) is 25.2 Å². The molecule has 0 atom stereocenters. The molecule has 3 rings (SSSR count). The van der Waals surface area contributed by atoms with Crippen LogP contribution in [0.5, 0.6) is 0 Å². The molecule has 0 radical (unpaired) electrons. The van der Waals surface area contributed by atoms with Gasteiger partial charge in [-0.15, -0.1) is 10.2 Å². The Kier molecular flexibility index (Phi) is 6.47. The number of benzene rings is 2. The lowest BCUT2D eigenvalue weighted by atomic mass is 10.2. The predicted molar refractivity (Wildman–Crippen MR) is 105 cm³/mol. The summed E-state index contributed by atoms with van der Waals surface area (Å²) < 4.78 is 14.8. The highest BCUT2D eigenvalue weighted by Gasteiger charge is 2.14. The van der Waals surface area contributed by atoms with Gasteiger partial charge in [-0.2, -0.15) is 0 Å². The topological polar surface area (TPSA) is 59.8 Å². The highest BCUT2D eigenvalue weighted by atomic mass is 35.5. The van der Waals surface area contributed by atoms with Gasteiger partial charge in [0.15, 0.2) is 11.0 Å². The lowest BCUT2D eigenvalue weighted by Gasteiger charge is -2.08. The van der Waals surface area contributed by atoms with Gasteiger partial charge in [0.05, 0.1) is 5.75 Å². The van der Waals surface area contributed by atoms with E-state index in [0.717, 1.165) is 11.1 Å². The van der Waals surface area contributed by atoms with E-state index in [1.807, 2.05) is 29.7 Å². The van der Waals surface area contributed by atoms with Gasteiger partial charge in [0.25, 0.3) is 0 Å². The van der Waals surface area contributed by atoms with E-state index >= 15 is 0 Å². The first-order valence-electron chi connectivity index (χ1n) is 8.40. The maximum absolute atomic E-state index is 12.9. The Morgan fingerprint density at radius 1 is 1.22 bits per heavy atom. The zero-order valence-electron chi connectivity index (χ0n) is 14.7. The summed E-state index contributed by atoms with van der Waals surface area (Å²) in [7, 11) is 0. The summed E-state index contributed by atoms with van der Waals surface area (Å²) in [5.41, 5.74) is 1.72. The molecule has 0 bridgehead atoms. The minimum atomic E-state index is -0.296. The third kappa shape index (κ3) is 5.08. The van der Waals surface area contributed by atoms with Crippen LogP contribution in [-0.4, -0.2) is 26.4 Å². The average Bonchev–Trinajstić information content (AvgIpc) is 3.09. The van der Waals surface area contributed by atoms with Crippen molar-refractivity contribution in [3.8, 4) is 11.4 Å². The number of nitrogens with zero attached hydrogens (tertiary/aromatic N) is 3. The number of hydrogen-bond acceptors (Lipinski definition) is 4. The van der Waals surface area contributed by atoms with Gasteiger partial charge in [0, 0.05) is 23.7 Å². The van der Waals surface area contributed by atoms with E-state index in [1.54, 1.807) is 18.2 Å². The molecule has 1 aromatic heterocycles. The minimum absolute atomic E-state index is 0.126. The van der Waals surface area contributed by atoms with Gasteiger partial charge >= 0.3 is 0 Å². The van der Waals surface area contributed by atoms with Crippen molar-refractivity contribution in [1.82, 2.24) is 20.1 Å². The van der Waals surface area contributed by atoms with Crippen LogP contribution >= 0.6 is 23.4 Å². The number of halogens is 2. The van der Waals surface area contributed by atoms with Crippen molar-refractivity contribution in [3.63, 3.8) is 0 Å². The summed E-state index contributed by atoms with van der Waals surface area (Å²) >= 11 is 7.38. The van der Waals surface area contributed by atoms with Gasteiger partial charge in [-0.05, 0) is 36.8 Å². The Hall–Kier alpha value is -2.38. The molecule has 0 saturated carbocycles. The molecule has 27 heavy (non-hydrogen) atoms. The second-order valence-corrected chi connectivity index (χ2v) is 7.13. The molecule has 2 aromatic carbocycles. The first-order valence-corrected chi connectivity index (χ1v) is 9.76. The van der Waals surface area contributed by atoms with Gasteiger partial charge < -0.3 is 9.88 Å². The molecule has 0 unspecified atom stereocenters. The van der Waals surface area contributed by atoms with Crippen LogP contribution in [0.2, 0.25) is 5.02 Å². The molecule has 3 aromatic rings. The fraction of sp³-hybridized carbons (Fsp3) is 0.211. The summed E-state index contributed by atoms with van der Waals surface area (Å²) in [4.78, 5) is 12.1. The first kappa shape index (κ1) is 19.4. The second kappa shape index (κ2) is 9.01. The van der Waals surface area contributed by atoms with Crippen LogP contribution in [-0.2, 0) is 17.9 Å². The largest absolute Gasteiger partial charge is 0.351 e. The van der Waals surface area contributed by atoms with E-state index in [9.17, 15) is 9.18 Å². The van der Waals surface area contributed by atoms with Crippen LogP contribution in [0.3, 0.4) is 0 Å². The number of aromatic nitrogens is 3. The van der Waals surface area contributed by atoms with Gasteiger partial charge in [0.2, 0.25) is 5.91 Å². The summed E-state index contributed by atoms with van der Waals surface area (Å²) in [6.45, 7) is 3.03. The number of nitrogens with one attached hydrogen (secondary N) is 1. The summed E-state index contributed by atoms with van der Waals surface area (Å²) in [6.07, 6.45) is 0. The molecule has 140 valence electrons. The van der Waals surface area contributed by atoms with E-state index in [4.69, 9.17) is 11.6 Å². The number of amides is 1. The molecule has 0 spiro atoms. The van der Waals surface area contributed by atoms with Crippen LogP contribution in [0.4, 0.5) is 4.39 Å². The SMILES string of the molecule is CCn1c(SCC(=O)NCc2ccc(F)cc2)nnc1-c1cccc(Cl)c1. The number of hydrogen-bond donors (Lipinski definition) is 1. The van der Waals surface area contributed by atoms with Crippen LogP contribution in [0.15, 0.2) is 53.7 Å². The van der Waals surface area contributed by atoms with Crippen molar-refractivity contribution in [1.29, 1.82) is 0 Å². The van der Waals surface area contributed by atoms with Gasteiger partial charge in [-0.25, -0.2) is 4.39 Å². The fourth-order valence-corrected chi connectivity index (χ4v) is 3.53. The summed E-state index contributed by atoms with van der Waals surface area (Å²) in [6, 6.07) is 13.5. The Labute approximate surface area is 166 Å². The third-order valence-corrected chi connectivity index (χ3v) is 5.05. The zero-order valence-corrected chi connectivity index (χ0v) is 16.2. The quantitative estimate of drug-likeness (QED) is 0.600. The monoisotopic (exact) mass is 404 g/mol. The number of carbonyl (C=O) groups excluding carboxylic acids is 1. The molecule has 1 amide bonds.